The second kappa shape index (κ2) is 6.31. The third-order valence-corrected chi connectivity index (χ3v) is 3.69. The number of halogens is 1. The summed E-state index contributed by atoms with van der Waals surface area (Å²) in [7, 11) is 0. The van der Waals surface area contributed by atoms with Crippen LogP contribution >= 0.6 is 15.9 Å². The number of benzene rings is 1. The summed E-state index contributed by atoms with van der Waals surface area (Å²) in [5.74, 6) is -0.778. The molecular weight excluding hydrogens is 296 g/mol. The molecule has 0 amide bonds. The van der Waals surface area contributed by atoms with E-state index in [0.717, 1.165) is 42.6 Å². The lowest BCUT2D eigenvalue weighted by atomic mass is 10.1. The van der Waals surface area contributed by atoms with E-state index in [0.29, 0.717) is 0 Å². The molecule has 0 saturated carbocycles. The Bertz CT molecular complexity index is 400. The molecule has 0 bridgehead atoms. The van der Waals surface area contributed by atoms with Gasteiger partial charge < -0.3 is 10.4 Å². The molecule has 4 nitrogen and oxygen atoms in total. The van der Waals surface area contributed by atoms with Gasteiger partial charge in [0.25, 0.3) is 0 Å². The Balaban J connectivity index is 2.21. The summed E-state index contributed by atoms with van der Waals surface area (Å²) in [6.07, 6.45) is 0.986. The van der Waals surface area contributed by atoms with E-state index in [1.54, 1.807) is 0 Å². The van der Waals surface area contributed by atoms with E-state index in [2.05, 4.69) is 21.2 Å². The Hall–Kier alpha value is -0.910. The molecule has 1 aromatic rings. The summed E-state index contributed by atoms with van der Waals surface area (Å²) in [6, 6.07) is 6.99. The molecule has 1 aliphatic rings. The maximum atomic E-state index is 11.5. The van der Waals surface area contributed by atoms with Gasteiger partial charge in [0.1, 0.15) is 6.04 Å². The summed E-state index contributed by atoms with van der Waals surface area (Å²) >= 11 is 3.37. The van der Waals surface area contributed by atoms with Crippen molar-refractivity contribution in [1.82, 2.24) is 10.2 Å². The van der Waals surface area contributed by atoms with Crippen molar-refractivity contribution in [2.75, 3.05) is 26.2 Å². The Morgan fingerprint density at radius 1 is 1.28 bits per heavy atom. The molecule has 0 aromatic heterocycles. The van der Waals surface area contributed by atoms with Crippen molar-refractivity contribution in [3.63, 3.8) is 0 Å². The van der Waals surface area contributed by atoms with Crippen LogP contribution in [0.1, 0.15) is 18.0 Å². The summed E-state index contributed by atoms with van der Waals surface area (Å²) in [5.41, 5.74) is 0.840. The van der Waals surface area contributed by atoms with Crippen LogP contribution in [0, 0.1) is 0 Å². The van der Waals surface area contributed by atoms with Crippen molar-refractivity contribution in [1.29, 1.82) is 0 Å². The molecule has 0 radical (unpaired) electrons. The van der Waals surface area contributed by atoms with Gasteiger partial charge in [0.15, 0.2) is 0 Å². The molecule has 2 N–H and O–H groups in total. The third-order valence-electron chi connectivity index (χ3n) is 3.16. The predicted octanol–water partition coefficient (Wildman–Crippen LogP) is 1.87. The molecule has 1 aliphatic heterocycles. The van der Waals surface area contributed by atoms with Gasteiger partial charge in [-0.3, -0.25) is 9.69 Å². The largest absolute Gasteiger partial charge is 0.480 e. The van der Waals surface area contributed by atoms with Crippen molar-refractivity contribution in [2.24, 2.45) is 0 Å². The molecular formula is C13H17BrN2O2. The van der Waals surface area contributed by atoms with Crippen LogP contribution in [-0.4, -0.2) is 42.2 Å². The molecule has 98 valence electrons. The Morgan fingerprint density at radius 2 is 2.00 bits per heavy atom. The first-order valence-corrected chi connectivity index (χ1v) is 6.91. The molecule has 1 unspecified atom stereocenters. The quantitative estimate of drug-likeness (QED) is 0.894. The highest BCUT2D eigenvalue weighted by atomic mass is 79.9. The summed E-state index contributed by atoms with van der Waals surface area (Å²) in [4.78, 5) is 13.6. The first-order valence-electron chi connectivity index (χ1n) is 6.11. The van der Waals surface area contributed by atoms with Crippen molar-refractivity contribution in [3.8, 4) is 0 Å². The molecule has 1 saturated heterocycles. The van der Waals surface area contributed by atoms with Crippen molar-refractivity contribution in [3.05, 3.63) is 34.3 Å². The van der Waals surface area contributed by atoms with Crippen LogP contribution in [0.2, 0.25) is 0 Å². The van der Waals surface area contributed by atoms with Crippen LogP contribution in [0.4, 0.5) is 0 Å². The lowest BCUT2D eigenvalue weighted by Crippen LogP contribution is -2.36. The second-order valence-electron chi connectivity index (χ2n) is 4.43. The molecule has 0 aliphatic carbocycles. The van der Waals surface area contributed by atoms with E-state index in [1.807, 2.05) is 29.2 Å². The van der Waals surface area contributed by atoms with Gasteiger partial charge in [-0.05, 0) is 30.7 Å². The molecule has 1 atom stereocenters. The van der Waals surface area contributed by atoms with Gasteiger partial charge >= 0.3 is 5.97 Å². The van der Waals surface area contributed by atoms with Gasteiger partial charge in [-0.25, -0.2) is 0 Å². The van der Waals surface area contributed by atoms with Crippen LogP contribution in [0.15, 0.2) is 28.7 Å². The standard InChI is InChI=1S/C13H17BrN2O2/c14-11-4-2-10(3-5-11)12(13(17)18)16-8-1-6-15-7-9-16/h2-5,12,15H,1,6-9H2,(H,17,18). The smallest absolute Gasteiger partial charge is 0.325 e. The zero-order valence-corrected chi connectivity index (χ0v) is 11.7. The minimum atomic E-state index is -0.778. The summed E-state index contributed by atoms with van der Waals surface area (Å²) in [5, 5.41) is 12.8. The topological polar surface area (TPSA) is 52.6 Å². The minimum Gasteiger partial charge on any atom is -0.480 e. The van der Waals surface area contributed by atoms with Gasteiger partial charge in [-0.2, -0.15) is 0 Å². The van der Waals surface area contributed by atoms with Crippen LogP contribution in [0.5, 0.6) is 0 Å². The van der Waals surface area contributed by atoms with E-state index in [1.165, 1.54) is 0 Å². The van der Waals surface area contributed by atoms with Crippen LogP contribution < -0.4 is 5.32 Å². The maximum Gasteiger partial charge on any atom is 0.325 e. The maximum absolute atomic E-state index is 11.5. The number of carbonyl (C=O) groups is 1. The van der Waals surface area contributed by atoms with E-state index in [4.69, 9.17) is 0 Å². The van der Waals surface area contributed by atoms with Gasteiger partial charge in [-0.15, -0.1) is 0 Å². The first kappa shape index (κ1) is 13.5. The SMILES string of the molecule is O=C(O)C(c1ccc(Br)cc1)N1CCCNCC1. The first-order chi connectivity index (χ1) is 8.68. The monoisotopic (exact) mass is 312 g/mol. The van der Waals surface area contributed by atoms with Gasteiger partial charge in [0, 0.05) is 24.1 Å². The average molecular weight is 313 g/mol. The van der Waals surface area contributed by atoms with Crippen molar-refractivity contribution >= 4 is 21.9 Å². The molecule has 18 heavy (non-hydrogen) atoms. The summed E-state index contributed by atoms with van der Waals surface area (Å²) < 4.78 is 0.966. The minimum absolute atomic E-state index is 0.544. The highest BCUT2D eigenvalue weighted by molar-refractivity contribution is 9.10. The normalized spacial score (nSPS) is 19.2. The second-order valence-corrected chi connectivity index (χ2v) is 5.35. The molecule has 1 heterocycles. The Morgan fingerprint density at radius 3 is 2.67 bits per heavy atom. The number of nitrogens with one attached hydrogen (secondary N) is 1. The third kappa shape index (κ3) is 3.31. The number of carboxylic acid groups (broad SMARTS) is 1. The Labute approximate surface area is 115 Å². The molecule has 1 aromatic carbocycles. The molecule has 5 heteroatoms. The average Bonchev–Trinajstić information content (AvgIpc) is 2.60. The highest BCUT2D eigenvalue weighted by Gasteiger charge is 2.27. The predicted molar refractivity (Wildman–Crippen MR) is 73.6 cm³/mol. The van der Waals surface area contributed by atoms with Crippen LogP contribution in [-0.2, 0) is 4.79 Å². The number of hydrogen-bond donors (Lipinski definition) is 2. The number of hydrogen-bond acceptors (Lipinski definition) is 3. The van der Waals surface area contributed by atoms with Gasteiger partial charge in [-0.1, -0.05) is 28.1 Å². The van der Waals surface area contributed by atoms with Crippen LogP contribution in [0.25, 0.3) is 0 Å². The molecule has 0 spiro atoms. The number of rotatable bonds is 3. The lowest BCUT2D eigenvalue weighted by Gasteiger charge is -2.27. The van der Waals surface area contributed by atoms with Crippen molar-refractivity contribution in [2.45, 2.75) is 12.5 Å². The van der Waals surface area contributed by atoms with E-state index < -0.39 is 12.0 Å². The van der Waals surface area contributed by atoms with Gasteiger partial charge in [0.05, 0.1) is 0 Å². The lowest BCUT2D eigenvalue weighted by molar-refractivity contribution is -0.143. The number of aliphatic carboxylic acids is 1. The fraction of sp³-hybridized carbons (Fsp3) is 0.462. The van der Waals surface area contributed by atoms with E-state index in [-0.39, 0.29) is 0 Å². The van der Waals surface area contributed by atoms with Crippen molar-refractivity contribution < 1.29 is 9.90 Å². The number of nitrogens with zero attached hydrogens (tertiary/aromatic N) is 1. The molecule has 2 rings (SSSR count). The molecule has 1 fully saturated rings. The zero-order chi connectivity index (χ0) is 13.0. The highest BCUT2D eigenvalue weighted by Crippen LogP contribution is 2.23. The Kier molecular flexibility index (Phi) is 4.74. The van der Waals surface area contributed by atoms with E-state index in [9.17, 15) is 9.90 Å². The fourth-order valence-electron chi connectivity index (χ4n) is 2.28. The van der Waals surface area contributed by atoms with E-state index >= 15 is 0 Å². The van der Waals surface area contributed by atoms with Crippen LogP contribution in [0.3, 0.4) is 0 Å². The number of carboxylic acids is 1. The zero-order valence-electron chi connectivity index (χ0n) is 10.1. The fourth-order valence-corrected chi connectivity index (χ4v) is 2.54. The van der Waals surface area contributed by atoms with Gasteiger partial charge in [0.2, 0.25) is 0 Å². The summed E-state index contributed by atoms with van der Waals surface area (Å²) in [6.45, 7) is 3.40.